The van der Waals surface area contributed by atoms with Crippen molar-refractivity contribution in [1.82, 2.24) is 14.5 Å². The van der Waals surface area contributed by atoms with Gasteiger partial charge in [0.25, 0.3) is 0 Å². The van der Waals surface area contributed by atoms with Crippen LogP contribution in [-0.2, 0) is 13.0 Å². The summed E-state index contributed by atoms with van der Waals surface area (Å²) in [6, 6.07) is 4.14. The highest BCUT2D eigenvalue weighted by Crippen LogP contribution is 2.28. The second kappa shape index (κ2) is 3.52. The first-order chi connectivity index (χ1) is 7.77. The van der Waals surface area contributed by atoms with Gasteiger partial charge in [-0.25, -0.2) is 0 Å². The number of pyridine rings is 1. The van der Waals surface area contributed by atoms with Gasteiger partial charge in [0.1, 0.15) is 0 Å². The highest BCUT2D eigenvalue weighted by atomic mass is 15.1. The molecule has 0 amide bonds. The quantitative estimate of drug-likeness (QED) is 0.626. The first-order valence-corrected chi connectivity index (χ1v) is 5.61. The molecule has 3 heteroatoms. The van der Waals surface area contributed by atoms with Gasteiger partial charge in [-0.05, 0) is 37.4 Å². The molecule has 0 bridgehead atoms. The molecule has 0 spiro atoms. The Labute approximate surface area is 95.7 Å². The number of aromatic nitrogens is 2. The minimum Gasteiger partial charge on any atom is -0.468 e. The van der Waals surface area contributed by atoms with Gasteiger partial charge in [-0.1, -0.05) is 17.3 Å². The molecular formula is C13H15N3-2. The van der Waals surface area contributed by atoms with Gasteiger partial charge in [0.15, 0.2) is 0 Å². The molecule has 0 radical (unpaired) electrons. The van der Waals surface area contributed by atoms with E-state index in [-0.39, 0.29) is 0 Å². The smallest absolute Gasteiger partial charge is 0.0324 e. The van der Waals surface area contributed by atoms with Crippen molar-refractivity contribution in [3.05, 3.63) is 43.7 Å². The van der Waals surface area contributed by atoms with Crippen molar-refractivity contribution < 1.29 is 0 Å². The lowest BCUT2D eigenvalue weighted by Crippen LogP contribution is -2.16. The lowest BCUT2D eigenvalue weighted by molar-refractivity contribution is 0.363. The third-order valence-electron chi connectivity index (χ3n) is 3.32. The van der Waals surface area contributed by atoms with Crippen molar-refractivity contribution in [2.45, 2.75) is 19.4 Å². The standard InChI is InChI=1S/C13H15N3/c1-15-8-4-6-10-11-5-3-7-14-13(11)16(2)12(10)9-15/h3,5,7H,1-2,4,6,8-9H2/q-2. The molecule has 3 nitrogen and oxygen atoms in total. The number of nitrogens with zero attached hydrogens (tertiary/aromatic N) is 3. The van der Waals surface area contributed by atoms with Crippen molar-refractivity contribution in [3.63, 3.8) is 0 Å². The zero-order valence-corrected chi connectivity index (χ0v) is 9.32. The second-order valence-electron chi connectivity index (χ2n) is 4.38. The highest BCUT2D eigenvalue weighted by molar-refractivity contribution is 5.82. The molecule has 3 heterocycles. The summed E-state index contributed by atoms with van der Waals surface area (Å²) in [6.07, 6.45) is 4.09. The predicted octanol–water partition coefficient (Wildman–Crippen LogP) is 2.22. The van der Waals surface area contributed by atoms with Crippen LogP contribution in [0, 0.1) is 14.1 Å². The van der Waals surface area contributed by atoms with Crippen LogP contribution >= 0.6 is 0 Å². The van der Waals surface area contributed by atoms with Crippen LogP contribution in [0.1, 0.15) is 17.7 Å². The van der Waals surface area contributed by atoms with Gasteiger partial charge < -0.3 is 14.5 Å². The molecule has 0 atom stereocenters. The topological polar surface area (TPSA) is 21.1 Å². The average Bonchev–Trinajstić information content (AvgIpc) is 2.47. The van der Waals surface area contributed by atoms with Crippen molar-refractivity contribution in [3.8, 4) is 0 Å². The molecule has 1 aliphatic rings. The minimum atomic E-state index is 0.870. The SMILES string of the molecule is [CH2-]N1CCCc2c(n([CH2-])c3ncccc23)C1. The molecule has 0 aliphatic carbocycles. The molecular weight excluding hydrogens is 198 g/mol. The summed E-state index contributed by atoms with van der Waals surface area (Å²) >= 11 is 0. The van der Waals surface area contributed by atoms with E-state index in [1.165, 1.54) is 16.6 Å². The van der Waals surface area contributed by atoms with Crippen LogP contribution < -0.4 is 0 Å². The van der Waals surface area contributed by atoms with Gasteiger partial charge >= 0.3 is 0 Å². The maximum Gasteiger partial charge on any atom is 0.0324 e. The fraction of sp³-hybridized carbons (Fsp3) is 0.308. The van der Waals surface area contributed by atoms with Gasteiger partial charge in [0.2, 0.25) is 0 Å². The molecule has 16 heavy (non-hydrogen) atoms. The summed E-state index contributed by atoms with van der Waals surface area (Å²) in [5.74, 6) is 0. The molecule has 0 aromatic carbocycles. The maximum absolute atomic E-state index is 4.40. The molecule has 0 saturated carbocycles. The largest absolute Gasteiger partial charge is 0.468 e. The number of hydrogen-bond donors (Lipinski definition) is 0. The molecule has 0 fully saturated rings. The monoisotopic (exact) mass is 213 g/mol. The van der Waals surface area contributed by atoms with Crippen LogP contribution in [0.25, 0.3) is 11.0 Å². The average molecular weight is 213 g/mol. The number of rotatable bonds is 0. The van der Waals surface area contributed by atoms with Gasteiger partial charge in [-0.3, -0.25) is 7.05 Å². The van der Waals surface area contributed by atoms with E-state index in [9.17, 15) is 0 Å². The van der Waals surface area contributed by atoms with E-state index < -0.39 is 0 Å². The van der Waals surface area contributed by atoms with E-state index in [1.807, 2.05) is 16.8 Å². The zero-order valence-electron chi connectivity index (χ0n) is 9.32. The number of fused-ring (bicyclic) bond motifs is 3. The van der Waals surface area contributed by atoms with E-state index in [4.69, 9.17) is 0 Å². The number of aryl methyl sites for hydroxylation is 1. The molecule has 84 valence electrons. The highest BCUT2D eigenvalue weighted by Gasteiger charge is 2.11. The van der Waals surface area contributed by atoms with Crippen LogP contribution in [0.5, 0.6) is 0 Å². The second-order valence-corrected chi connectivity index (χ2v) is 4.38. The maximum atomic E-state index is 4.40. The lowest BCUT2D eigenvalue weighted by atomic mass is 10.1. The molecule has 0 N–H and O–H groups in total. The summed E-state index contributed by atoms with van der Waals surface area (Å²) < 4.78 is 1.97. The lowest BCUT2D eigenvalue weighted by Gasteiger charge is -2.26. The Morgan fingerprint density at radius 1 is 1.31 bits per heavy atom. The van der Waals surface area contributed by atoms with E-state index >= 15 is 0 Å². The Hall–Kier alpha value is -1.48. The van der Waals surface area contributed by atoms with Crippen molar-refractivity contribution >= 4 is 11.0 Å². The van der Waals surface area contributed by atoms with E-state index in [2.05, 4.69) is 30.0 Å². The Balaban J connectivity index is 2.27. The van der Waals surface area contributed by atoms with Gasteiger partial charge in [-0.2, -0.15) is 0 Å². The molecule has 2 aromatic heterocycles. The van der Waals surface area contributed by atoms with Crippen molar-refractivity contribution in [2.24, 2.45) is 0 Å². The van der Waals surface area contributed by atoms with E-state index in [0.717, 1.165) is 31.6 Å². The fourth-order valence-corrected chi connectivity index (χ4v) is 2.52. The Kier molecular flexibility index (Phi) is 2.14. The van der Waals surface area contributed by atoms with Gasteiger partial charge in [0, 0.05) is 11.8 Å². The molecule has 2 aromatic rings. The molecule has 0 unspecified atom stereocenters. The summed E-state index contributed by atoms with van der Waals surface area (Å²) in [5.41, 5.74) is 3.66. The van der Waals surface area contributed by atoms with Crippen LogP contribution in [0.15, 0.2) is 18.3 Å². The van der Waals surface area contributed by atoms with Crippen LogP contribution in [-0.4, -0.2) is 21.0 Å². The molecule has 0 saturated heterocycles. The Bertz CT molecular complexity index is 527. The molecule has 3 rings (SSSR count). The predicted molar refractivity (Wildman–Crippen MR) is 64.6 cm³/mol. The summed E-state index contributed by atoms with van der Waals surface area (Å²) in [4.78, 5) is 6.51. The van der Waals surface area contributed by atoms with Crippen LogP contribution in [0.2, 0.25) is 0 Å². The van der Waals surface area contributed by atoms with Crippen LogP contribution in [0.3, 0.4) is 0 Å². The Morgan fingerprint density at radius 2 is 2.19 bits per heavy atom. The van der Waals surface area contributed by atoms with Crippen molar-refractivity contribution in [2.75, 3.05) is 6.54 Å². The normalized spacial score (nSPS) is 17.3. The zero-order chi connectivity index (χ0) is 11.1. The number of hydrogen-bond acceptors (Lipinski definition) is 2. The fourth-order valence-electron chi connectivity index (χ4n) is 2.52. The third kappa shape index (κ3) is 1.32. The van der Waals surface area contributed by atoms with Gasteiger partial charge in [-0.15, -0.1) is 7.05 Å². The first-order valence-electron chi connectivity index (χ1n) is 5.61. The van der Waals surface area contributed by atoms with Gasteiger partial charge in [0.05, 0.1) is 0 Å². The summed E-state index contributed by atoms with van der Waals surface area (Å²) in [7, 11) is 8.14. The van der Waals surface area contributed by atoms with E-state index in [0.29, 0.717) is 0 Å². The first kappa shape index (κ1) is 9.73. The summed E-state index contributed by atoms with van der Waals surface area (Å²) in [6.45, 7) is 1.92. The minimum absolute atomic E-state index is 0.870. The third-order valence-corrected chi connectivity index (χ3v) is 3.32. The van der Waals surface area contributed by atoms with Crippen molar-refractivity contribution in [1.29, 1.82) is 0 Å². The molecule has 1 aliphatic heterocycles. The van der Waals surface area contributed by atoms with E-state index in [1.54, 1.807) is 0 Å². The van der Waals surface area contributed by atoms with Crippen LogP contribution in [0.4, 0.5) is 0 Å². The Morgan fingerprint density at radius 3 is 3.06 bits per heavy atom. The summed E-state index contributed by atoms with van der Waals surface area (Å²) in [5, 5.41) is 1.25.